The number of benzene rings is 1. The van der Waals surface area contributed by atoms with E-state index in [-0.39, 0.29) is 11.9 Å². The van der Waals surface area contributed by atoms with Crippen molar-refractivity contribution < 1.29 is 4.79 Å². The minimum atomic E-state index is -0.0103. The first kappa shape index (κ1) is 14.7. The van der Waals surface area contributed by atoms with Crippen LogP contribution in [0.15, 0.2) is 53.3 Å². The highest BCUT2D eigenvalue weighted by molar-refractivity contribution is 9.10. The molecule has 1 aromatic carbocycles. The zero-order valence-electron chi connectivity index (χ0n) is 11.6. The van der Waals surface area contributed by atoms with Crippen molar-refractivity contribution in [3.8, 4) is 0 Å². The number of pyridine rings is 1. The molecule has 0 unspecified atom stereocenters. The minimum absolute atomic E-state index is 0.0103. The number of rotatable bonds is 4. The van der Waals surface area contributed by atoms with Crippen LogP contribution < -0.4 is 0 Å². The molecule has 3 nitrogen and oxygen atoms in total. The second-order valence-corrected chi connectivity index (χ2v) is 5.61. The maximum atomic E-state index is 12.7. The Morgan fingerprint density at radius 3 is 2.50 bits per heavy atom. The zero-order valence-corrected chi connectivity index (χ0v) is 13.2. The van der Waals surface area contributed by atoms with Crippen molar-refractivity contribution in [1.82, 2.24) is 9.88 Å². The van der Waals surface area contributed by atoms with Crippen LogP contribution in [0.4, 0.5) is 0 Å². The molecule has 2 aromatic rings. The normalized spacial score (nSPS) is 10.6. The van der Waals surface area contributed by atoms with Gasteiger partial charge in [0.2, 0.25) is 0 Å². The highest BCUT2D eigenvalue weighted by Gasteiger charge is 2.21. The van der Waals surface area contributed by atoms with Gasteiger partial charge in [-0.25, -0.2) is 4.98 Å². The highest BCUT2D eigenvalue weighted by Crippen LogP contribution is 2.18. The Kier molecular flexibility index (Phi) is 4.90. The molecule has 0 bridgehead atoms. The summed E-state index contributed by atoms with van der Waals surface area (Å²) in [5.41, 5.74) is 1.71. The van der Waals surface area contributed by atoms with Crippen LogP contribution in [0.25, 0.3) is 0 Å². The third-order valence-corrected chi connectivity index (χ3v) is 3.70. The number of carbonyl (C=O) groups is 1. The fourth-order valence-electron chi connectivity index (χ4n) is 1.97. The third kappa shape index (κ3) is 3.45. The van der Waals surface area contributed by atoms with E-state index in [9.17, 15) is 4.79 Å². The molecule has 2 rings (SSSR count). The van der Waals surface area contributed by atoms with Gasteiger partial charge in [-0.15, -0.1) is 0 Å². The Morgan fingerprint density at radius 1 is 1.20 bits per heavy atom. The van der Waals surface area contributed by atoms with Crippen molar-refractivity contribution in [2.45, 2.75) is 26.4 Å². The molecule has 4 heteroatoms. The second kappa shape index (κ2) is 6.66. The zero-order chi connectivity index (χ0) is 14.5. The fourth-order valence-corrected chi connectivity index (χ4v) is 2.39. The molecule has 1 heterocycles. The first-order valence-corrected chi connectivity index (χ1v) is 7.34. The van der Waals surface area contributed by atoms with E-state index in [4.69, 9.17) is 0 Å². The van der Waals surface area contributed by atoms with Crippen molar-refractivity contribution in [2.75, 3.05) is 0 Å². The fraction of sp³-hybridized carbons (Fsp3) is 0.250. The Balaban J connectivity index is 2.25. The van der Waals surface area contributed by atoms with Crippen LogP contribution >= 0.6 is 15.9 Å². The van der Waals surface area contributed by atoms with Gasteiger partial charge < -0.3 is 4.90 Å². The van der Waals surface area contributed by atoms with Crippen LogP contribution in [0, 0.1) is 0 Å². The summed E-state index contributed by atoms with van der Waals surface area (Å²) >= 11 is 3.34. The number of aromatic nitrogens is 1. The smallest absolute Gasteiger partial charge is 0.257 e. The number of nitrogens with zero attached hydrogens (tertiary/aromatic N) is 2. The number of hydrogen-bond acceptors (Lipinski definition) is 2. The molecule has 0 saturated carbocycles. The van der Waals surface area contributed by atoms with Crippen LogP contribution in [0.5, 0.6) is 0 Å². The summed E-state index contributed by atoms with van der Waals surface area (Å²) in [4.78, 5) is 18.6. The van der Waals surface area contributed by atoms with Crippen molar-refractivity contribution in [2.24, 2.45) is 0 Å². The first-order valence-electron chi connectivity index (χ1n) is 6.55. The number of amides is 1. The Bertz CT molecular complexity index is 584. The first-order chi connectivity index (χ1) is 9.59. The van der Waals surface area contributed by atoms with Crippen molar-refractivity contribution in [1.29, 1.82) is 0 Å². The monoisotopic (exact) mass is 332 g/mol. The van der Waals surface area contributed by atoms with Crippen LogP contribution in [0.3, 0.4) is 0 Å². The van der Waals surface area contributed by atoms with Gasteiger partial charge in [0.1, 0.15) is 4.60 Å². The van der Waals surface area contributed by atoms with E-state index >= 15 is 0 Å². The van der Waals surface area contributed by atoms with E-state index in [1.54, 1.807) is 18.3 Å². The van der Waals surface area contributed by atoms with E-state index in [0.717, 1.165) is 5.56 Å². The quantitative estimate of drug-likeness (QED) is 0.795. The van der Waals surface area contributed by atoms with Crippen molar-refractivity contribution >= 4 is 21.8 Å². The Hall–Kier alpha value is -1.68. The largest absolute Gasteiger partial charge is 0.332 e. The summed E-state index contributed by atoms with van der Waals surface area (Å²) < 4.78 is 0.587. The highest BCUT2D eigenvalue weighted by atomic mass is 79.9. The van der Waals surface area contributed by atoms with E-state index in [1.165, 1.54) is 0 Å². The summed E-state index contributed by atoms with van der Waals surface area (Å²) in [7, 11) is 0. The lowest BCUT2D eigenvalue weighted by molar-refractivity contribution is 0.0689. The lowest BCUT2D eigenvalue weighted by atomic mass is 10.1. The van der Waals surface area contributed by atoms with Gasteiger partial charge in [-0.05, 0) is 47.5 Å². The van der Waals surface area contributed by atoms with Gasteiger partial charge in [0.15, 0.2) is 0 Å². The molecule has 20 heavy (non-hydrogen) atoms. The lowest BCUT2D eigenvalue weighted by Gasteiger charge is -2.27. The molecular weight excluding hydrogens is 316 g/mol. The van der Waals surface area contributed by atoms with Gasteiger partial charge in [0, 0.05) is 18.8 Å². The summed E-state index contributed by atoms with van der Waals surface area (Å²) in [5, 5.41) is 0. The maximum absolute atomic E-state index is 12.7. The molecule has 0 atom stereocenters. The maximum Gasteiger partial charge on any atom is 0.257 e. The Labute approximate surface area is 127 Å². The number of hydrogen-bond donors (Lipinski definition) is 0. The molecule has 0 spiro atoms. The third-order valence-electron chi connectivity index (χ3n) is 3.07. The van der Waals surface area contributed by atoms with Gasteiger partial charge in [0.25, 0.3) is 5.91 Å². The van der Waals surface area contributed by atoms with E-state index in [0.29, 0.717) is 16.7 Å². The van der Waals surface area contributed by atoms with Crippen LogP contribution in [0.1, 0.15) is 29.8 Å². The molecule has 1 amide bonds. The van der Waals surface area contributed by atoms with Gasteiger partial charge in [0.05, 0.1) is 5.56 Å². The molecule has 0 radical (unpaired) electrons. The Morgan fingerprint density at radius 2 is 1.90 bits per heavy atom. The average Bonchev–Trinajstić information content (AvgIpc) is 2.45. The van der Waals surface area contributed by atoms with Crippen LogP contribution in [-0.4, -0.2) is 21.8 Å². The van der Waals surface area contributed by atoms with Crippen molar-refractivity contribution in [3.63, 3.8) is 0 Å². The van der Waals surface area contributed by atoms with Gasteiger partial charge in [-0.2, -0.15) is 0 Å². The SMILES string of the molecule is CC(C)N(Cc1ccccc1)C(=O)c1cccnc1Br. The van der Waals surface area contributed by atoms with E-state index < -0.39 is 0 Å². The molecule has 0 aliphatic carbocycles. The summed E-state index contributed by atoms with van der Waals surface area (Å²) in [6.07, 6.45) is 1.66. The topological polar surface area (TPSA) is 33.2 Å². The molecular formula is C16H17BrN2O. The number of carbonyl (C=O) groups excluding carboxylic acids is 1. The van der Waals surface area contributed by atoms with Gasteiger partial charge >= 0.3 is 0 Å². The molecule has 0 aliphatic heterocycles. The molecule has 0 saturated heterocycles. The molecule has 0 N–H and O–H groups in total. The second-order valence-electron chi connectivity index (χ2n) is 4.85. The van der Waals surface area contributed by atoms with E-state index in [1.807, 2.05) is 49.1 Å². The summed E-state index contributed by atoms with van der Waals surface area (Å²) in [6, 6.07) is 13.7. The molecule has 1 aromatic heterocycles. The molecule has 104 valence electrons. The van der Waals surface area contributed by atoms with Gasteiger partial charge in [-0.1, -0.05) is 30.3 Å². The van der Waals surface area contributed by atoms with Crippen LogP contribution in [-0.2, 0) is 6.54 Å². The number of halogens is 1. The molecule has 0 fully saturated rings. The molecule has 0 aliphatic rings. The lowest BCUT2D eigenvalue weighted by Crippen LogP contribution is -2.36. The predicted octanol–water partition coefficient (Wildman–Crippen LogP) is 3.89. The van der Waals surface area contributed by atoms with Gasteiger partial charge in [-0.3, -0.25) is 4.79 Å². The van der Waals surface area contributed by atoms with Crippen LogP contribution in [0.2, 0.25) is 0 Å². The summed E-state index contributed by atoms with van der Waals surface area (Å²) in [5.74, 6) is -0.0103. The minimum Gasteiger partial charge on any atom is -0.332 e. The van der Waals surface area contributed by atoms with E-state index in [2.05, 4.69) is 20.9 Å². The summed E-state index contributed by atoms with van der Waals surface area (Å²) in [6.45, 7) is 4.63. The standard InChI is InChI=1S/C16H17BrN2O/c1-12(2)19(11-13-7-4-3-5-8-13)16(20)14-9-6-10-18-15(14)17/h3-10,12H,11H2,1-2H3. The average molecular weight is 333 g/mol. The predicted molar refractivity (Wildman–Crippen MR) is 83.4 cm³/mol. The van der Waals surface area contributed by atoms with Crippen molar-refractivity contribution in [3.05, 3.63) is 64.4 Å².